The van der Waals surface area contributed by atoms with Gasteiger partial charge in [0, 0.05) is 0 Å². The van der Waals surface area contributed by atoms with E-state index in [4.69, 9.17) is 15.1 Å². The van der Waals surface area contributed by atoms with E-state index in [0.717, 1.165) is 0 Å². The summed E-state index contributed by atoms with van der Waals surface area (Å²) in [6, 6.07) is 8.04. The maximum absolute atomic E-state index is 11.9. The largest absolute Gasteiger partial charge is 0.478 e. The predicted octanol–water partition coefficient (Wildman–Crippen LogP) is 1.42. The number of carbonyl (C=O) groups is 1. The molecule has 2 unspecified atom stereocenters. The number of aromatic carboxylic acids is 1. The Labute approximate surface area is 107 Å². The van der Waals surface area contributed by atoms with E-state index < -0.39 is 22.9 Å². The molecule has 0 spiro atoms. The molecule has 1 N–H and O–H groups in total. The van der Waals surface area contributed by atoms with Crippen molar-refractivity contribution in [2.24, 2.45) is 0 Å². The smallest absolute Gasteiger partial charge is 0.336 e. The first-order valence-electron chi connectivity index (χ1n) is 5.28. The van der Waals surface area contributed by atoms with Crippen LogP contribution in [0.2, 0.25) is 0 Å². The van der Waals surface area contributed by atoms with Crippen LogP contribution in [0.15, 0.2) is 29.2 Å². The average molecular weight is 267 g/mol. The molecule has 1 rings (SSSR count). The lowest BCUT2D eigenvalue weighted by Gasteiger charge is -2.07. The number of hydrogen-bond acceptors (Lipinski definition) is 4. The van der Waals surface area contributed by atoms with Crippen LogP contribution in [0.1, 0.15) is 17.3 Å². The highest BCUT2D eigenvalue weighted by Crippen LogP contribution is 2.13. The van der Waals surface area contributed by atoms with Crippen LogP contribution >= 0.6 is 0 Å². The molecule has 0 saturated heterocycles. The zero-order valence-corrected chi connectivity index (χ0v) is 10.6. The molecule has 0 aliphatic carbocycles. The minimum atomic E-state index is -1.45. The Morgan fingerprint density at radius 3 is 2.83 bits per heavy atom. The van der Waals surface area contributed by atoms with Gasteiger partial charge in [-0.3, -0.25) is 4.21 Å². The van der Waals surface area contributed by atoms with Gasteiger partial charge in [0.1, 0.15) is 6.10 Å². The first-order chi connectivity index (χ1) is 8.56. The molecule has 96 valence electrons. The lowest BCUT2D eigenvalue weighted by atomic mass is 10.2. The van der Waals surface area contributed by atoms with E-state index in [-0.39, 0.29) is 22.8 Å². The lowest BCUT2D eigenvalue weighted by molar-refractivity contribution is 0.0692. The molecule has 0 saturated carbocycles. The molecule has 0 heterocycles. The van der Waals surface area contributed by atoms with Crippen molar-refractivity contribution in [3.05, 3.63) is 29.8 Å². The van der Waals surface area contributed by atoms with E-state index in [1.165, 1.54) is 12.1 Å². The Morgan fingerprint density at radius 1 is 1.56 bits per heavy atom. The summed E-state index contributed by atoms with van der Waals surface area (Å²) in [5.74, 6) is -0.943. The standard InChI is InChI=1S/C12H13NO4S/c1-9(8-13)17-6-7-18(16)11-5-3-2-4-10(11)12(14)15/h2-5,9H,6-7H2,1H3,(H,14,15). The molecule has 0 radical (unpaired) electrons. The molecule has 1 aromatic carbocycles. The van der Waals surface area contributed by atoms with Gasteiger partial charge in [0.25, 0.3) is 0 Å². The van der Waals surface area contributed by atoms with Crippen molar-refractivity contribution in [2.45, 2.75) is 17.9 Å². The topological polar surface area (TPSA) is 87.4 Å². The minimum Gasteiger partial charge on any atom is -0.478 e. The summed E-state index contributed by atoms with van der Waals surface area (Å²) in [6.45, 7) is 1.74. The highest BCUT2D eigenvalue weighted by atomic mass is 32.2. The fourth-order valence-electron chi connectivity index (χ4n) is 1.29. The third kappa shape index (κ3) is 3.95. The van der Waals surface area contributed by atoms with Crippen LogP contribution in [0.4, 0.5) is 0 Å². The summed E-state index contributed by atoms with van der Waals surface area (Å²) in [7, 11) is -1.45. The zero-order chi connectivity index (χ0) is 13.5. The van der Waals surface area contributed by atoms with Crippen LogP contribution in [0.3, 0.4) is 0 Å². The van der Waals surface area contributed by atoms with E-state index in [9.17, 15) is 9.00 Å². The Hall–Kier alpha value is -1.71. The van der Waals surface area contributed by atoms with Gasteiger partial charge in [0.05, 0.1) is 39.7 Å². The first-order valence-corrected chi connectivity index (χ1v) is 6.60. The molecule has 0 bridgehead atoms. The van der Waals surface area contributed by atoms with Crippen molar-refractivity contribution in [3.63, 3.8) is 0 Å². The summed E-state index contributed by atoms with van der Waals surface area (Å²) in [5.41, 5.74) is 0.0316. The average Bonchev–Trinajstić information content (AvgIpc) is 2.38. The van der Waals surface area contributed by atoms with E-state index in [0.29, 0.717) is 0 Å². The second kappa shape index (κ2) is 6.89. The van der Waals surface area contributed by atoms with Crippen LogP contribution in [-0.4, -0.2) is 33.7 Å². The fourth-order valence-corrected chi connectivity index (χ4v) is 2.39. The van der Waals surface area contributed by atoms with Gasteiger partial charge in [0.2, 0.25) is 0 Å². The maximum Gasteiger partial charge on any atom is 0.336 e. The third-order valence-corrected chi connectivity index (χ3v) is 3.57. The number of rotatable bonds is 6. The Kier molecular flexibility index (Phi) is 5.49. The van der Waals surface area contributed by atoms with Crippen LogP contribution in [-0.2, 0) is 15.5 Å². The monoisotopic (exact) mass is 267 g/mol. The van der Waals surface area contributed by atoms with E-state index in [2.05, 4.69) is 0 Å². The number of nitriles is 1. The third-order valence-electron chi connectivity index (χ3n) is 2.18. The molecule has 18 heavy (non-hydrogen) atoms. The van der Waals surface area contributed by atoms with Crippen molar-refractivity contribution in [1.29, 1.82) is 5.26 Å². The van der Waals surface area contributed by atoms with Gasteiger partial charge in [-0.1, -0.05) is 12.1 Å². The first kappa shape index (κ1) is 14.4. The Balaban J connectivity index is 2.68. The van der Waals surface area contributed by atoms with Crippen LogP contribution in [0.5, 0.6) is 0 Å². The number of benzene rings is 1. The van der Waals surface area contributed by atoms with E-state index >= 15 is 0 Å². The molecular formula is C12H13NO4S. The summed E-state index contributed by atoms with van der Waals surface area (Å²) in [4.78, 5) is 11.2. The van der Waals surface area contributed by atoms with Gasteiger partial charge >= 0.3 is 5.97 Å². The molecule has 6 heteroatoms. The molecule has 5 nitrogen and oxygen atoms in total. The Morgan fingerprint density at radius 2 is 2.22 bits per heavy atom. The summed E-state index contributed by atoms with van der Waals surface area (Å²) < 4.78 is 17.0. The summed E-state index contributed by atoms with van der Waals surface area (Å²) in [6.07, 6.45) is -0.559. The summed E-state index contributed by atoms with van der Waals surface area (Å²) >= 11 is 0. The maximum atomic E-state index is 11.9. The van der Waals surface area contributed by atoms with Crippen molar-refractivity contribution >= 4 is 16.8 Å². The Bertz CT molecular complexity index is 495. The van der Waals surface area contributed by atoms with Crippen LogP contribution in [0.25, 0.3) is 0 Å². The molecule has 0 aromatic heterocycles. The van der Waals surface area contributed by atoms with Gasteiger partial charge in [-0.2, -0.15) is 5.26 Å². The number of ether oxygens (including phenoxy) is 1. The zero-order valence-electron chi connectivity index (χ0n) is 9.83. The SMILES string of the molecule is CC(C#N)OCCS(=O)c1ccccc1C(=O)O. The molecular weight excluding hydrogens is 254 g/mol. The number of nitrogens with zero attached hydrogens (tertiary/aromatic N) is 1. The molecule has 1 aromatic rings. The van der Waals surface area contributed by atoms with Crippen molar-refractivity contribution in [3.8, 4) is 6.07 Å². The highest BCUT2D eigenvalue weighted by molar-refractivity contribution is 7.85. The summed E-state index contributed by atoms with van der Waals surface area (Å²) in [5, 5.41) is 17.5. The normalized spacial score (nSPS) is 13.6. The van der Waals surface area contributed by atoms with E-state index in [1.54, 1.807) is 19.1 Å². The van der Waals surface area contributed by atoms with Crippen LogP contribution in [0, 0.1) is 11.3 Å². The second-order valence-electron chi connectivity index (χ2n) is 3.49. The second-order valence-corrected chi connectivity index (χ2v) is 5.03. The molecule has 0 aliphatic heterocycles. The van der Waals surface area contributed by atoms with Crippen molar-refractivity contribution in [1.82, 2.24) is 0 Å². The molecule has 2 atom stereocenters. The molecule has 0 aliphatic rings. The number of carboxylic acids is 1. The fraction of sp³-hybridized carbons (Fsp3) is 0.333. The quantitative estimate of drug-likeness (QED) is 0.842. The van der Waals surface area contributed by atoms with Gasteiger partial charge in [-0.05, 0) is 19.1 Å². The van der Waals surface area contributed by atoms with Crippen molar-refractivity contribution < 1.29 is 18.8 Å². The van der Waals surface area contributed by atoms with Gasteiger partial charge in [-0.15, -0.1) is 0 Å². The number of carboxylic acid groups (broad SMARTS) is 1. The molecule has 0 amide bonds. The molecule has 0 fully saturated rings. The van der Waals surface area contributed by atoms with Gasteiger partial charge in [-0.25, -0.2) is 4.79 Å². The number of hydrogen-bond donors (Lipinski definition) is 1. The lowest BCUT2D eigenvalue weighted by Crippen LogP contribution is -2.14. The van der Waals surface area contributed by atoms with Gasteiger partial charge in [0.15, 0.2) is 0 Å². The van der Waals surface area contributed by atoms with Gasteiger partial charge < -0.3 is 9.84 Å². The van der Waals surface area contributed by atoms with E-state index in [1.807, 2.05) is 6.07 Å². The predicted molar refractivity (Wildman–Crippen MR) is 65.7 cm³/mol. The minimum absolute atomic E-state index is 0.0316. The van der Waals surface area contributed by atoms with Crippen LogP contribution < -0.4 is 0 Å². The highest BCUT2D eigenvalue weighted by Gasteiger charge is 2.14. The van der Waals surface area contributed by atoms with Crippen molar-refractivity contribution in [2.75, 3.05) is 12.4 Å².